The van der Waals surface area contributed by atoms with E-state index in [2.05, 4.69) is 17.7 Å². The van der Waals surface area contributed by atoms with E-state index in [9.17, 15) is 22.0 Å². The maximum absolute atomic E-state index is 15.5. The molecule has 4 aromatic carbocycles. The normalized spacial score (nSPS) is 12.1. The van der Waals surface area contributed by atoms with E-state index >= 15 is 17.6 Å². The van der Waals surface area contributed by atoms with Gasteiger partial charge in [-0.15, -0.1) is 0 Å². The van der Waals surface area contributed by atoms with Gasteiger partial charge in [0.05, 0.1) is 0 Å². The number of halogens is 9. The predicted molar refractivity (Wildman–Crippen MR) is 151 cm³/mol. The van der Waals surface area contributed by atoms with Crippen LogP contribution in [0.1, 0.15) is 59.6 Å². The van der Waals surface area contributed by atoms with Crippen molar-refractivity contribution in [1.29, 1.82) is 0 Å². The zero-order chi connectivity index (χ0) is 32.6. The third-order valence-corrected chi connectivity index (χ3v) is 7.37. The Kier molecular flexibility index (Phi) is 9.42. The lowest BCUT2D eigenvalue weighted by molar-refractivity contribution is -0.188. The lowest BCUT2D eigenvalue weighted by Gasteiger charge is -2.22. The minimum atomic E-state index is -5.42. The second-order valence-electron chi connectivity index (χ2n) is 10.8. The Bertz CT molecular complexity index is 1620. The summed E-state index contributed by atoms with van der Waals surface area (Å²) in [5.41, 5.74) is -0.130. The zero-order valence-corrected chi connectivity index (χ0v) is 24.3. The van der Waals surface area contributed by atoms with E-state index in [-0.39, 0.29) is 23.3 Å². The molecule has 0 saturated carbocycles. The summed E-state index contributed by atoms with van der Waals surface area (Å²) in [6.45, 7) is 6.75. The molecule has 0 N–H and O–H groups in total. The van der Waals surface area contributed by atoms with Crippen molar-refractivity contribution < 1.29 is 44.3 Å². The van der Waals surface area contributed by atoms with Crippen molar-refractivity contribution in [2.75, 3.05) is 0 Å². The highest BCUT2D eigenvalue weighted by Gasteiger charge is 2.42. The molecule has 0 aliphatic carbocycles. The maximum Gasteiger partial charge on any atom is 0.429 e. The Morgan fingerprint density at radius 2 is 1.20 bits per heavy atom. The molecule has 0 radical (unpaired) electrons. The van der Waals surface area contributed by atoms with E-state index in [1.807, 2.05) is 19.1 Å². The first-order valence-corrected chi connectivity index (χ1v) is 13.9. The van der Waals surface area contributed by atoms with Crippen LogP contribution in [0.25, 0.3) is 22.3 Å². The van der Waals surface area contributed by atoms with Crippen LogP contribution in [0.15, 0.2) is 54.6 Å². The van der Waals surface area contributed by atoms with Gasteiger partial charge in [0.1, 0.15) is 40.1 Å². The molecule has 10 heteroatoms. The third-order valence-electron chi connectivity index (χ3n) is 7.37. The maximum atomic E-state index is 15.5. The number of hydrogen-bond donors (Lipinski definition) is 0. The second-order valence-corrected chi connectivity index (χ2v) is 10.8. The van der Waals surface area contributed by atoms with Gasteiger partial charge < -0.3 is 4.74 Å². The highest BCUT2D eigenvalue weighted by Crippen LogP contribution is 2.41. The van der Waals surface area contributed by atoms with E-state index < -0.39 is 58.0 Å². The summed E-state index contributed by atoms with van der Waals surface area (Å²) in [6.07, 6.45) is -5.74. The number of benzene rings is 4. The molecule has 0 heterocycles. The Balaban J connectivity index is 1.65. The van der Waals surface area contributed by atoms with Crippen molar-refractivity contribution in [2.45, 2.75) is 65.7 Å². The molecule has 0 aliphatic rings. The highest BCUT2D eigenvalue weighted by molar-refractivity contribution is 5.76. The van der Waals surface area contributed by atoms with Crippen LogP contribution in [-0.2, 0) is 18.7 Å². The third kappa shape index (κ3) is 6.89. The van der Waals surface area contributed by atoms with Crippen LogP contribution in [0.3, 0.4) is 0 Å². The summed E-state index contributed by atoms with van der Waals surface area (Å²) in [5.74, 6) is -7.87. The van der Waals surface area contributed by atoms with Crippen molar-refractivity contribution in [2.24, 2.45) is 0 Å². The molecule has 4 aromatic rings. The smallest absolute Gasteiger partial charge is 0.429 e. The molecule has 44 heavy (non-hydrogen) atoms. The zero-order valence-electron chi connectivity index (χ0n) is 24.3. The van der Waals surface area contributed by atoms with Crippen LogP contribution in [0.2, 0.25) is 0 Å². The number of hydrogen-bond acceptors (Lipinski definition) is 1. The van der Waals surface area contributed by atoms with Gasteiger partial charge in [0.15, 0.2) is 0 Å². The number of rotatable bonds is 9. The molecule has 0 aromatic heterocycles. The summed E-state index contributed by atoms with van der Waals surface area (Å²) in [5, 5.41) is 0. The fourth-order valence-corrected chi connectivity index (χ4v) is 5.39. The van der Waals surface area contributed by atoms with Gasteiger partial charge in [-0.3, -0.25) is 0 Å². The summed E-state index contributed by atoms with van der Waals surface area (Å²) in [7, 11) is 0. The van der Waals surface area contributed by atoms with Crippen molar-refractivity contribution in [3.8, 4) is 28.0 Å². The monoisotopic (exact) mass is 624 g/mol. The van der Waals surface area contributed by atoms with Gasteiger partial charge in [-0.05, 0) is 84.7 Å². The van der Waals surface area contributed by atoms with Gasteiger partial charge in [-0.2, -0.15) is 22.0 Å². The van der Waals surface area contributed by atoms with Crippen molar-refractivity contribution in [3.63, 3.8) is 0 Å². The molecule has 0 amide bonds. The molecule has 0 fully saturated rings. The molecule has 4 rings (SSSR count). The quantitative estimate of drug-likeness (QED) is 0.133. The van der Waals surface area contributed by atoms with Gasteiger partial charge >= 0.3 is 12.3 Å². The molecule has 0 spiro atoms. The number of alkyl halides is 5. The summed E-state index contributed by atoms with van der Waals surface area (Å²) in [6, 6.07) is 10.6. The van der Waals surface area contributed by atoms with Crippen LogP contribution in [-0.4, -0.2) is 0 Å². The van der Waals surface area contributed by atoms with E-state index in [1.54, 1.807) is 13.0 Å². The van der Waals surface area contributed by atoms with Gasteiger partial charge in [0.25, 0.3) is 0 Å². The predicted octanol–water partition coefficient (Wildman–Crippen LogP) is 11.4. The minimum Gasteiger partial charge on any atom is -0.429 e. The van der Waals surface area contributed by atoms with Gasteiger partial charge in [-0.1, -0.05) is 50.1 Å². The molecule has 1 nitrogen and oxygen atoms in total. The van der Waals surface area contributed by atoms with E-state index in [1.165, 1.54) is 11.6 Å². The first-order chi connectivity index (χ1) is 20.5. The van der Waals surface area contributed by atoms with Crippen LogP contribution in [0, 0.1) is 44.0 Å². The molecular weight excluding hydrogens is 595 g/mol. The van der Waals surface area contributed by atoms with Gasteiger partial charge in [0.2, 0.25) is 0 Å². The van der Waals surface area contributed by atoms with E-state index in [0.29, 0.717) is 17.2 Å². The summed E-state index contributed by atoms with van der Waals surface area (Å²) >= 11 is 0. The fourth-order valence-electron chi connectivity index (χ4n) is 5.39. The fraction of sp³-hybridized carbons (Fsp3) is 0.294. The van der Waals surface area contributed by atoms with Gasteiger partial charge in [0, 0.05) is 17.7 Å². The SMILES string of the molecule is CCCCCc1ccc(-c2cc(C)c(-c3cc(C)c(C(F)(F)Oc4cc(F)c(C(F)(F)F)c(F)c4)c(F)c3)c(F)c2)c(C)c1. The average Bonchev–Trinajstić information content (AvgIpc) is 2.86. The van der Waals surface area contributed by atoms with Crippen LogP contribution in [0.4, 0.5) is 39.5 Å². The molecule has 234 valence electrons. The van der Waals surface area contributed by atoms with E-state index in [0.717, 1.165) is 49.8 Å². The van der Waals surface area contributed by atoms with Gasteiger partial charge in [-0.25, -0.2) is 17.6 Å². The summed E-state index contributed by atoms with van der Waals surface area (Å²) in [4.78, 5) is 0. The van der Waals surface area contributed by atoms with Crippen molar-refractivity contribution in [3.05, 3.63) is 111 Å². The van der Waals surface area contributed by atoms with Crippen molar-refractivity contribution in [1.82, 2.24) is 0 Å². The first-order valence-electron chi connectivity index (χ1n) is 13.9. The Morgan fingerprint density at radius 3 is 1.75 bits per heavy atom. The molecular formula is C34H29F9O. The Labute approximate surface area is 249 Å². The van der Waals surface area contributed by atoms with Crippen LogP contribution < -0.4 is 4.74 Å². The van der Waals surface area contributed by atoms with Crippen LogP contribution in [0.5, 0.6) is 5.75 Å². The second kappa shape index (κ2) is 12.6. The molecule has 0 saturated heterocycles. The molecule has 0 atom stereocenters. The van der Waals surface area contributed by atoms with E-state index in [4.69, 9.17) is 0 Å². The first kappa shape index (κ1) is 33.0. The molecule has 0 unspecified atom stereocenters. The number of unbranched alkanes of at least 4 members (excludes halogenated alkanes) is 2. The topological polar surface area (TPSA) is 9.23 Å². The number of ether oxygens (including phenoxy) is 1. The standard InChI is InChI=1S/C34H29F9O/c1-5-6-7-8-21-9-10-25(18(2)11-21)22-12-19(3)30(26(35)14-22)23-13-20(4)31(27(36)15-23)34(42,43)44-24-16-28(37)32(29(38)17-24)33(39,40)41/h9-17H,5-8H2,1-4H3. The Morgan fingerprint density at radius 1 is 0.614 bits per heavy atom. The van der Waals surface area contributed by atoms with Crippen LogP contribution >= 0.6 is 0 Å². The highest BCUT2D eigenvalue weighted by atomic mass is 19.4. The number of aryl methyl sites for hydroxylation is 4. The average molecular weight is 625 g/mol. The van der Waals surface area contributed by atoms with Crippen molar-refractivity contribution >= 4 is 0 Å². The minimum absolute atomic E-state index is 0.0211. The largest absolute Gasteiger partial charge is 0.429 e. The lowest BCUT2D eigenvalue weighted by Crippen LogP contribution is -2.25. The molecule has 0 aliphatic heterocycles. The Hall–Kier alpha value is -3.95. The molecule has 0 bridgehead atoms. The lowest BCUT2D eigenvalue weighted by atomic mass is 9.91. The summed E-state index contributed by atoms with van der Waals surface area (Å²) < 4.78 is 131.